The molecule has 0 aliphatic rings. The Kier molecular flexibility index (Phi) is 8.56. The first-order valence-electron chi connectivity index (χ1n) is 7.12. The molecule has 120 valence electrons. The van der Waals surface area contributed by atoms with Gasteiger partial charge in [0.05, 0.1) is 31.6 Å². The van der Waals surface area contributed by atoms with Gasteiger partial charge in [-0.3, -0.25) is 4.79 Å². The highest BCUT2D eigenvalue weighted by Gasteiger charge is 2.08. The average Bonchev–Trinajstić information content (AvgIpc) is 2.45. The molecule has 1 aromatic heterocycles. The van der Waals surface area contributed by atoms with E-state index >= 15 is 0 Å². The summed E-state index contributed by atoms with van der Waals surface area (Å²) in [6.45, 7) is 7.23. The minimum absolute atomic E-state index is 0.169. The Morgan fingerprint density at radius 3 is 2.81 bits per heavy atom. The highest BCUT2D eigenvalue weighted by molar-refractivity contribution is 9.10. The third-order valence-electron chi connectivity index (χ3n) is 2.89. The molecular formula is C14H24BrN3O3. The highest BCUT2D eigenvalue weighted by Crippen LogP contribution is 2.15. The summed E-state index contributed by atoms with van der Waals surface area (Å²) in [4.78, 5) is 12.0. The number of hydrogen-bond acceptors (Lipinski definition) is 5. The highest BCUT2D eigenvalue weighted by atomic mass is 79.9. The second-order valence-corrected chi connectivity index (χ2v) is 5.91. The number of anilines is 1. The van der Waals surface area contributed by atoms with Crippen molar-refractivity contribution in [2.45, 2.75) is 26.8 Å². The van der Waals surface area contributed by atoms with E-state index in [2.05, 4.69) is 40.2 Å². The molecule has 0 spiro atoms. The molecule has 0 saturated carbocycles. The number of nitrogens with one attached hydrogen (secondary N) is 1. The van der Waals surface area contributed by atoms with Crippen LogP contribution in [0.1, 0.15) is 20.3 Å². The lowest BCUT2D eigenvalue weighted by molar-refractivity contribution is 0.132. The van der Waals surface area contributed by atoms with Gasteiger partial charge in [0.15, 0.2) is 0 Å². The van der Waals surface area contributed by atoms with Crippen LogP contribution in [0.3, 0.4) is 0 Å². The monoisotopic (exact) mass is 361 g/mol. The maximum atomic E-state index is 12.0. The molecule has 1 heterocycles. The fraction of sp³-hybridized carbons (Fsp3) is 0.714. The van der Waals surface area contributed by atoms with Crippen molar-refractivity contribution in [1.29, 1.82) is 0 Å². The van der Waals surface area contributed by atoms with Crippen LogP contribution in [0.5, 0.6) is 0 Å². The van der Waals surface area contributed by atoms with Crippen molar-refractivity contribution in [2.75, 3.05) is 38.8 Å². The molecule has 0 fully saturated rings. The number of aromatic nitrogens is 2. The fourth-order valence-electron chi connectivity index (χ4n) is 1.60. The van der Waals surface area contributed by atoms with E-state index in [0.29, 0.717) is 42.4 Å². The first-order chi connectivity index (χ1) is 10.1. The SMILES string of the molecule is COCCn1ncc(NCCOCCC(C)C)c(Br)c1=O. The van der Waals surface area contributed by atoms with Gasteiger partial charge in [-0.15, -0.1) is 0 Å². The van der Waals surface area contributed by atoms with E-state index in [1.807, 2.05) is 0 Å². The van der Waals surface area contributed by atoms with Gasteiger partial charge in [0.25, 0.3) is 5.56 Å². The molecule has 0 aliphatic heterocycles. The molecule has 0 saturated heterocycles. The molecule has 0 aliphatic carbocycles. The first-order valence-corrected chi connectivity index (χ1v) is 7.91. The van der Waals surface area contributed by atoms with Crippen molar-refractivity contribution in [3.05, 3.63) is 21.0 Å². The number of nitrogens with zero attached hydrogens (tertiary/aromatic N) is 2. The van der Waals surface area contributed by atoms with Gasteiger partial charge in [0.1, 0.15) is 4.47 Å². The molecule has 1 aromatic rings. The minimum Gasteiger partial charge on any atom is -0.383 e. The maximum Gasteiger partial charge on any atom is 0.283 e. The Balaban J connectivity index is 2.42. The van der Waals surface area contributed by atoms with Crippen molar-refractivity contribution >= 4 is 21.6 Å². The quantitative estimate of drug-likeness (QED) is 0.646. The predicted molar refractivity (Wildman–Crippen MR) is 86.8 cm³/mol. The molecule has 21 heavy (non-hydrogen) atoms. The van der Waals surface area contributed by atoms with Crippen LogP contribution in [0.2, 0.25) is 0 Å². The molecule has 0 amide bonds. The lowest BCUT2D eigenvalue weighted by Gasteiger charge is -2.11. The van der Waals surface area contributed by atoms with Crippen LogP contribution in [-0.2, 0) is 16.0 Å². The van der Waals surface area contributed by atoms with Gasteiger partial charge in [0, 0.05) is 20.3 Å². The number of hydrogen-bond donors (Lipinski definition) is 1. The Hall–Kier alpha value is -0.920. The van der Waals surface area contributed by atoms with Crippen molar-refractivity contribution in [3.63, 3.8) is 0 Å². The van der Waals surface area contributed by atoms with Gasteiger partial charge < -0.3 is 14.8 Å². The van der Waals surface area contributed by atoms with E-state index in [4.69, 9.17) is 9.47 Å². The second-order valence-electron chi connectivity index (χ2n) is 5.11. The Bertz CT molecular complexity index is 477. The van der Waals surface area contributed by atoms with Crippen LogP contribution in [0.15, 0.2) is 15.5 Å². The molecule has 6 nitrogen and oxygen atoms in total. The van der Waals surface area contributed by atoms with Crippen molar-refractivity contribution in [3.8, 4) is 0 Å². The molecule has 0 bridgehead atoms. The molecule has 0 aromatic carbocycles. The molecule has 1 rings (SSSR count). The molecule has 0 unspecified atom stereocenters. The average molecular weight is 362 g/mol. The predicted octanol–water partition coefficient (Wildman–Crippen LogP) is 2.13. The van der Waals surface area contributed by atoms with Crippen molar-refractivity contribution in [1.82, 2.24) is 9.78 Å². The summed E-state index contributed by atoms with van der Waals surface area (Å²) in [5.41, 5.74) is 0.513. The standard InChI is InChI=1S/C14H24BrN3O3/c1-11(2)4-7-21-8-5-16-12-10-17-18(6-9-20-3)14(19)13(12)15/h10-11,16H,4-9H2,1-3H3. The lowest BCUT2D eigenvalue weighted by Crippen LogP contribution is -2.26. The van der Waals surface area contributed by atoms with Gasteiger partial charge in [-0.05, 0) is 28.3 Å². The van der Waals surface area contributed by atoms with E-state index in [9.17, 15) is 4.79 Å². The van der Waals surface area contributed by atoms with Crippen LogP contribution in [0, 0.1) is 5.92 Å². The zero-order valence-corrected chi connectivity index (χ0v) is 14.5. The maximum absolute atomic E-state index is 12.0. The summed E-state index contributed by atoms with van der Waals surface area (Å²) >= 11 is 3.31. The molecule has 7 heteroatoms. The largest absolute Gasteiger partial charge is 0.383 e. The van der Waals surface area contributed by atoms with Gasteiger partial charge >= 0.3 is 0 Å². The third kappa shape index (κ3) is 6.58. The summed E-state index contributed by atoms with van der Waals surface area (Å²) in [5.74, 6) is 0.649. The fourth-order valence-corrected chi connectivity index (χ4v) is 2.05. The summed E-state index contributed by atoms with van der Waals surface area (Å²) in [6, 6.07) is 0. The van der Waals surface area contributed by atoms with Gasteiger partial charge in [-0.1, -0.05) is 13.8 Å². The summed E-state index contributed by atoms with van der Waals surface area (Å²) in [7, 11) is 1.59. The van der Waals surface area contributed by atoms with Gasteiger partial charge in [-0.2, -0.15) is 5.10 Å². The second kappa shape index (κ2) is 9.92. The molecule has 0 atom stereocenters. The van der Waals surface area contributed by atoms with E-state index in [1.165, 1.54) is 4.68 Å². The van der Waals surface area contributed by atoms with Crippen LogP contribution >= 0.6 is 15.9 Å². The van der Waals surface area contributed by atoms with Crippen LogP contribution in [0.4, 0.5) is 5.69 Å². The van der Waals surface area contributed by atoms with E-state index in [-0.39, 0.29) is 5.56 Å². The van der Waals surface area contributed by atoms with Crippen LogP contribution in [0.25, 0.3) is 0 Å². The molecular weight excluding hydrogens is 338 g/mol. The summed E-state index contributed by atoms with van der Waals surface area (Å²) in [5, 5.41) is 7.25. The zero-order valence-electron chi connectivity index (χ0n) is 12.9. The number of ether oxygens (including phenoxy) is 2. The molecule has 1 N–H and O–H groups in total. The number of halogens is 1. The Morgan fingerprint density at radius 2 is 2.14 bits per heavy atom. The normalized spacial score (nSPS) is 11.1. The van der Waals surface area contributed by atoms with Gasteiger partial charge in [-0.25, -0.2) is 4.68 Å². The minimum atomic E-state index is -0.169. The van der Waals surface area contributed by atoms with E-state index < -0.39 is 0 Å². The Labute approximate surface area is 134 Å². The lowest BCUT2D eigenvalue weighted by atomic mass is 10.1. The topological polar surface area (TPSA) is 65.4 Å². The van der Waals surface area contributed by atoms with Crippen molar-refractivity contribution in [2.24, 2.45) is 5.92 Å². The van der Waals surface area contributed by atoms with Crippen molar-refractivity contribution < 1.29 is 9.47 Å². The van der Waals surface area contributed by atoms with Gasteiger partial charge in [0.2, 0.25) is 0 Å². The zero-order chi connectivity index (χ0) is 15.7. The summed E-state index contributed by atoms with van der Waals surface area (Å²) in [6.07, 6.45) is 2.69. The molecule has 0 radical (unpaired) electrons. The number of rotatable bonds is 10. The number of methoxy groups -OCH3 is 1. The third-order valence-corrected chi connectivity index (χ3v) is 3.66. The van der Waals surface area contributed by atoms with Crippen LogP contribution in [-0.4, -0.2) is 43.3 Å². The first kappa shape index (κ1) is 18.1. The Morgan fingerprint density at radius 1 is 1.38 bits per heavy atom. The summed E-state index contributed by atoms with van der Waals surface area (Å²) < 4.78 is 12.3. The van der Waals surface area contributed by atoms with E-state index in [0.717, 1.165) is 13.0 Å². The smallest absolute Gasteiger partial charge is 0.283 e. The van der Waals surface area contributed by atoms with Crippen LogP contribution < -0.4 is 10.9 Å². The van der Waals surface area contributed by atoms with E-state index in [1.54, 1.807) is 13.3 Å².